The Hall–Kier alpha value is -1.92. The predicted molar refractivity (Wildman–Crippen MR) is 82.2 cm³/mol. The average Bonchev–Trinajstić information content (AvgIpc) is 2.94. The highest BCUT2D eigenvalue weighted by molar-refractivity contribution is 5.57. The van der Waals surface area contributed by atoms with Gasteiger partial charge in [-0.25, -0.2) is 9.97 Å². The molecule has 0 spiro atoms. The van der Waals surface area contributed by atoms with E-state index in [1.807, 2.05) is 10.7 Å². The molecule has 2 heterocycles. The van der Waals surface area contributed by atoms with Gasteiger partial charge in [0.1, 0.15) is 0 Å². The highest BCUT2D eigenvalue weighted by atomic mass is 19.4. The van der Waals surface area contributed by atoms with E-state index in [4.69, 9.17) is 0 Å². The predicted octanol–water partition coefficient (Wildman–Crippen LogP) is 4.45. The maximum Gasteiger partial charge on any atom is 0.451 e. The maximum atomic E-state index is 12.6. The van der Waals surface area contributed by atoms with E-state index in [9.17, 15) is 13.2 Å². The van der Waals surface area contributed by atoms with Crippen molar-refractivity contribution in [3.05, 3.63) is 30.0 Å². The molecule has 2 aromatic heterocycles. The summed E-state index contributed by atoms with van der Waals surface area (Å²) in [6, 6.07) is 2.22. The highest BCUT2D eigenvalue weighted by Gasteiger charge is 2.54. The van der Waals surface area contributed by atoms with Crippen LogP contribution in [0.25, 0.3) is 11.3 Å². The van der Waals surface area contributed by atoms with Crippen molar-refractivity contribution in [2.75, 3.05) is 0 Å². The number of aromatic nitrogens is 4. The Morgan fingerprint density at radius 1 is 1.12 bits per heavy atom. The Morgan fingerprint density at radius 3 is 2.29 bits per heavy atom. The second-order valence-corrected chi connectivity index (χ2v) is 7.07. The zero-order valence-electron chi connectivity index (χ0n) is 13.6. The van der Waals surface area contributed by atoms with Gasteiger partial charge < -0.3 is 0 Å². The minimum atomic E-state index is -4.52. The Bertz CT molecular complexity index is 738. The fourth-order valence-electron chi connectivity index (χ4n) is 4.08. The van der Waals surface area contributed by atoms with Crippen LogP contribution in [0.1, 0.15) is 56.6 Å². The van der Waals surface area contributed by atoms with Crippen LogP contribution < -0.4 is 0 Å². The lowest BCUT2D eigenvalue weighted by Gasteiger charge is -2.11. The van der Waals surface area contributed by atoms with Crippen molar-refractivity contribution in [2.45, 2.75) is 51.2 Å². The molecule has 3 atom stereocenters. The summed E-state index contributed by atoms with van der Waals surface area (Å²) in [5.74, 6) is 0.955. The summed E-state index contributed by atoms with van der Waals surface area (Å²) in [6.07, 6.45) is 1.75. The fourth-order valence-corrected chi connectivity index (χ4v) is 4.08. The SMILES string of the molecule is CC(C)n1nc(-c2cnc(C(F)(F)F)nc2)cc1[C@H]1[C@@H]2CCC[C@@H]21. The smallest absolute Gasteiger partial charge is 0.266 e. The zero-order valence-corrected chi connectivity index (χ0v) is 13.6. The molecule has 128 valence electrons. The van der Waals surface area contributed by atoms with Crippen LogP contribution in [0, 0.1) is 11.8 Å². The van der Waals surface area contributed by atoms with Crippen LogP contribution >= 0.6 is 0 Å². The second-order valence-electron chi connectivity index (χ2n) is 7.07. The molecule has 0 saturated heterocycles. The maximum absolute atomic E-state index is 12.6. The molecule has 0 aliphatic heterocycles. The Balaban J connectivity index is 1.66. The van der Waals surface area contributed by atoms with E-state index < -0.39 is 12.0 Å². The molecule has 4 rings (SSSR count). The van der Waals surface area contributed by atoms with Gasteiger partial charge >= 0.3 is 6.18 Å². The molecule has 2 aromatic rings. The quantitative estimate of drug-likeness (QED) is 0.831. The van der Waals surface area contributed by atoms with Crippen LogP contribution in [0.4, 0.5) is 13.2 Å². The molecule has 0 aromatic carbocycles. The summed E-state index contributed by atoms with van der Waals surface area (Å²) in [5, 5.41) is 4.62. The highest BCUT2D eigenvalue weighted by Crippen LogP contribution is 2.63. The first-order chi connectivity index (χ1) is 11.4. The van der Waals surface area contributed by atoms with Gasteiger partial charge in [-0.2, -0.15) is 18.3 Å². The average molecular weight is 336 g/mol. The van der Waals surface area contributed by atoms with Gasteiger partial charge in [0, 0.05) is 35.6 Å². The van der Waals surface area contributed by atoms with E-state index in [1.165, 1.54) is 37.4 Å². The molecule has 0 unspecified atom stereocenters. The molecule has 0 amide bonds. The molecule has 2 fully saturated rings. The summed E-state index contributed by atoms with van der Waals surface area (Å²) < 4.78 is 39.8. The third-order valence-corrected chi connectivity index (χ3v) is 5.20. The lowest BCUT2D eigenvalue weighted by atomic mass is 10.1. The van der Waals surface area contributed by atoms with Crippen molar-refractivity contribution >= 4 is 0 Å². The Morgan fingerprint density at radius 2 is 1.75 bits per heavy atom. The molecule has 7 heteroatoms. The minimum Gasteiger partial charge on any atom is -0.266 e. The van der Waals surface area contributed by atoms with Crippen LogP contribution in [0.2, 0.25) is 0 Å². The number of alkyl halides is 3. The summed E-state index contributed by atoms with van der Waals surface area (Å²) in [5.41, 5.74) is 2.38. The third kappa shape index (κ3) is 2.50. The second kappa shape index (κ2) is 5.29. The lowest BCUT2D eigenvalue weighted by Crippen LogP contribution is -2.10. The monoisotopic (exact) mass is 336 g/mol. The molecule has 0 radical (unpaired) electrons. The first-order valence-electron chi connectivity index (χ1n) is 8.35. The van der Waals surface area contributed by atoms with Crippen LogP contribution in [0.15, 0.2) is 18.5 Å². The third-order valence-electron chi connectivity index (χ3n) is 5.20. The standard InChI is InChI=1S/C17H19F3N4/c1-9(2)24-14(15-11-4-3-5-12(11)15)6-13(23-24)10-7-21-16(22-8-10)17(18,19)20/h6-9,11-12,15H,3-5H2,1-2H3/t11-,12+,15+. The summed E-state index contributed by atoms with van der Waals surface area (Å²) in [7, 11) is 0. The van der Waals surface area contributed by atoms with Crippen molar-refractivity contribution in [1.29, 1.82) is 0 Å². The van der Waals surface area contributed by atoms with Gasteiger partial charge in [-0.3, -0.25) is 4.68 Å². The van der Waals surface area contributed by atoms with E-state index in [-0.39, 0.29) is 6.04 Å². The summed E-state index contributed by atoms with van der Waals surface area (Å²) in [4.78, 5) is 6.88. The Kier molecular flexibility index (Phi) is 3.44. The van der Waals surface area contributed by atoms with E-state index in [1.54, 1.807) is 0 Å². The molecule has 0 N–H and O–H groups in total. The van der Waals surface area contributed by atoms with E-state index in [0.717, 1.165) is 11.8 Å². The van der Waals surface area contributed by atoms with Crippen molar-refractivity contribution in [1.82, 2.24) is 19.7 Å². The zero-order chi connectivity index (χ0) is 17.1. The molecule has 24 heavy (non-hydrogen) atoms. The van der Waals surface area contributed by atoms with Crippen molar-refractivity contribution in [3.8, 4) is 11.3 Å². The summed E-state index contributed by atoms with van der Waals surface area (Å²) >= 11 is 0. The number of hydrogen-bond donors (Lipinski definition) is 0. The molecule has 2 aliphatic carbocycles. The number of nitrogens with zero attached hydrogens (tertiary/aromatic N) is 4. The van der Waals surface area contributed by atoms with Crippen LogP contribution in [0.3, 0.4) is 0 Å². The van der Waals surface area contributed by atoms with E-state index >= 15 is 0 Å². The molecular formula is C17H19F3N4. The molecule has 4 nitrogen and oxygen atoms in total. The van der Waals surface area contributed by atoms with Gasteiger partial charge in [0.25, 0.3) is 0 Å². The lowest BCUT2D eigenvalue weighted by molar-refractivity contribution is -0.144. The van der Waals surface area contributed by atoms with Crippen LogP contribution in [0.5, 0.6) is 0 Å². The van der Waals surface area contributed by atoms with Gasteiger partial charge in [0.2, 0.25) is 5.82 Å². The molecule has 2 aliphatic rings. The number of rotatable bonds is 3. The minimum absolute atomic E-state index is 0.213. The largest absolute Gasteiger partial charge is 0.451 e. The van der Waals surface area contributed by atoms with Crippen molar-refractivity contribution in [2.24, 2.45) is 11.8 Å². The molecule has 2 saturated carbocycles. The fraction of sp³-hybridized carbons (Fsp3) is 0.588. The molecular weight excluding hydrogens is 317 g/mol. The van der Waals surface area contributed by atoms with Crippen LogP contribution in [-0.2, 0) is 6.18 Å². The van der Waals surface area contributed by atoms with Crippen LogP contribution in [-0.4, -0.2) is 19.7 Å². The van der Waals surface area contributed by atoms with Gasteiger partial charge in [-0.1, -0.05) is 6.42 Å². The summed E-state index contributed by atoms with van der Waals surface area (Å²) in [6.45, 7) is 4.14. The topological polar surface area (TPSA) is 43.6 Å². The Labute approximate surface area is 138 Å². The van der Waals surface area contributed by atoms with E-state index in [2.05, 4.69) is 28.9 Å². The number of halogens is 3. The number of hydrogen-bond acceptors (Lipinski definition) is 3. The first-order valence-corrected chi connectivity index (χ1v) is 8.35. The van der Waals surface area contributed by atoms with Gasteiger partial charge in [0.15, 0.2) is 0 Å². The molecule has 0 bridgehead atoms. The van der Waals surface area contributed by atoms with E-state index in [0.29, 0.717) is 17.2 Å². The normalized spacial score (nSPS) is 26.0. The van der Waals surface area contributed by atoms with Gasteiger partial charge in [0.05, 0.1) is 5.69 Å². The van der Waals surface area contributed by atoms with Crippen molar-refractivity contribution < 1.29 is 13.2 Å². The van der Waals surface area contributed by atoms with Crippen molar-refractivity contribution in [3.63, 3.8) is 0 Å². The first kappa shape index (κ1) is 15.6. The van der Waals surface area contributed by atoms with Gasteiger partial charge in [-0.05, 0) is 44.6 Å². The van der Waals surface area contributed by atoms with Gasteiger partial charge in [-0.15, -0.1) is 0 Å². The number of fused-ring (bicyclic) bond motifs is 1.